The van der Waals surface area contributed by atoms with Crippen LogP contribution in [0.15, 0.2) is 18.3 Å². The maximum absolute atomic E-state index is 12.4. The van der Waals surface area contributed by atoms with Crippen molar-refractivity contribution >= 4 is 11.8 Å². The van der Waals surface area contributed by atoms with Gasteiger partial charge >= 0.3 is 0 Å². The Balaban J connectivity index is 2.27. The minimum atomic E-state index is -0.476. The number of nitrogens with one attached hydrogen (secondary N) is 1. The molecule has 1 unspecified atom stereocenters. The molecule has 0 aromatic carbocycles. The van der Waals surface area contributed by atoms with Crippen LogP contribution in [0.4, 0.5) is 0 Å². The van der Waals surface area contributed by atoms with Crippen molar-refractivity contribution < 1.29 is 14.3 Å². The number of carbonyl (C=O) groups excluding carboxylic acids is 2. The Morgan fingerprint density at radius 2 is 2.39 bits per heavy atom. The van der Waals surface area contributed by atoms with Crippen LogP contribution >= 0.6 is 0 Å². The van der Waals surface area contributed by atoms with E-state index in [4.69, 9.17) is 4.74 Å². The molecule has 0 bridgehead atoms. The second-order valence-corrected chi connectivity index (χ2v) is 4.03. The van der Waals surface area contributed by atoms with E-state index in [9.17, 15) is 9.59 Å². The van der Waals surface area contributed by atoms with Gasteiger partial charge in [-0.05, 0) is 19.1 Å². The minimum Gasteiger partial charge on any atom is -0.480 e. The molecule has 2 heterocycles. The monoisotopic (exact) mass is 249 g/mol. The van der Waals surface area contributed by atoms with Crippen molar-refractivity contribution in [3.05, 3.63) is 23.9 Å². The molecule has 18 heavy (non-hydrogen) atoms. The van der Waals surface area contributed by atoms with Crippen LogP contribution in [0.1, 0.15) is 17.3 Å². The second-order valence-electron chi connectivity index (χ2n) is 4.03. The normalized spacial score (nSPS) is 19.3. The molecule has 1 aromatic heterocycles. The lowest BCUT2D eigenvalue weighted by atomic mass is 10.1. The van der Waals surface area contributed by atoms with E-state index < -0.39 is 6.04 Å². The van der Waals surface area contributed by atoms with Gasteiger partial charge in [-0.2, -0.15) is 0 Å². The van der Waals surface area contributed by atoms with Gasteiger partial charge in [0.05, 0.1) is 7.11 Å². The molecule has 0 spiro atoms. The van der Waals surface area contributed by atoms with Crippen LogP contribution in [0.3, 0.4) is 0 Å². The van der Waals surface area contributed by atoms with Gasteiger partial charge in [0.25, 0.3) is 5.91 Å². The van der Waals surface area contributed by atoms with Crippen LogP contribution in [0.2, 0.25) is 0 Å². The molecule has 1 atom stereocenters. The summed E-state index contributed by atoms with van der Waals surface area (Å²) in [6.07, 6.45) is 1.56. The van der Waals surface area contributed by atoms with Crippen molar-refractivity contribution in [2.24, 2.45) is 0 Å². The Hall–Kier alpha value is -2.11. The van der Waals surface area contributed by atoms with Crippen molar-refractivity contribution in [3.8, 4) is 5.88 Å². The Labute approximate surface area is 105 Å². The van der Waals surface area contributed by atoms with Gasteiger partial charge in [-0.25, -0.2) is 4.98 Å². The highest BCUT2D eigenvalue weighted by Gasteiger charge is 2.31. The molecule has 1 aliphatic rings. The summed E-state index contributed by atoms with van der Waals surface area (Å²) in [6.45, 7) is 2.66. The van der Waals surface area contributed by atoms with Crippen LogP contribution in [0.25, 0.3) is 0 Å². The minimum absolute atomic E-state index is 0.141. The SMILES string of the molecule is COc1ncccc1C(=O)N1CCNC(=O)C1C. The molecular formula is C12H15N3O3. The summed E-state index contributed by atoms with van der Waals surface area (Å²) in [7, 11) is 1.46. The summed E-state index contributed by atoms with van der Waals surface area (Å²) in [6, 6.07) is 2.84. The number of pyridine rings is 1. The predicted octanol–water partition coefficient (Wildman–Crippen LogP) is 0.0507. The van der Waals surface area contributed by atoms with Gasteiger partial charge in [-0.3, -0.25) is 9.59 Å². The van der Waals surface area contributed by atoms with Crippen LogP contribution in [0, 0.1) is 0 Å². The van der Waals surface area contributed by atoms with E-state index in [1.54, 1.807) is 25.3 Å². The highest BCUT2D eigenvalue weighted by Crippen LogP contribution is 2.18. The average molecular weight is 249 g/mol. The molecule has 0 saturated carbocycles. The number of rotatable bonds is 2. The molecule has 96 valence electrons. The molecule has 1 fully saturated rings. The summed E-state index contributed by atoms with van der Waals surface area (Å²) in [5, 5.41) is 2.72. The first kappa shape index (κ1) is 12.3. The number of methoxy groups -OCH3 is 1. The molecule has 6 heteroatoms. The van der Waals surface area contributed by atoms with Gasteiger partial charge in [0.1, 0.15) is 11.6 Å². The van der Waals surface area contributed by atoms with E-state index in [2.05, 4.69) is 10.3 Å². The smallest absolute Gasteiger partial charge is 0.260 e. The van der Waals surface area contributed by atoms with Crippen LogP contribution in [0.5, 0.6) is 5.88 Å². The van der Waals surface area contributed by atoms with E-state index in [0.717, 1.165) is 0 Å². The summed E-state index contributed by atoms with van der Waals surface area (Å²) in [5.41, 5.74) is 0.376. The van der Waals surface area contributed by atoms with Crippen molar-refractivity contribution in [3.63, 3.8) is 0 Å². The van der Waals surface area contributed by atoms with E-state index in [0.29, 0.717) is 18.7 Å². The van der Waals surface area contributed by atoms with Crippen LogP contribution in [-0.4, -0.2) is 47.9 Å². The van der Waals surface area contributed by atoms with Crippen molar-refractivity contribution in [1.82, 2.24) is 15.2 Å². The standard InChI is InChI=1S/C12H15N3O3/c1-8-10(16)13-6-7-15(8)12(17)9-4-3-5-14-11(9)18-2/h3-5,8H,6-7H2,1-2H3,(H,13,16). The second kappa shape index (κ2) is 5.03. The Morgan fingerprint density at radius 3 is 3.11 bits per heavy atom. The van der Waals surface area contributed by atoms with Gasteiger partial charge in [0, 0.05) is 19.3 Å². The third kappa shape index (κ3) is 2.13. The number of hydrogen-bond donors (Lipinski definition) is 1. The maximum atomic E-state index is 12.4. The summed E-state index contributed by atoms with van der Waals surface area (Å²) in [4.78, 5) is 29.4. The molecule has 1 aliphatic heterocycles. The van der Waals surface area contributed by atoms with E-state index >= 15 is 0 Å². The summed E-state index contributed by atoms with van der Waals surface area (Å²) >= 11 is 0. The first-order valence-corrected chi connectivity index (χ1v) is 5.73. The molecule has 1 aromatic rings. The zero-order valence-corrected chi connectivity index (χ0v) is 10.3. The average Bonchev–Trinajstić information content (AvgIpc) is 2.41. The lowest BCUT2D eigenvalue weighted by Gasteiger charge is -2.32. The fourth-order valence-corrected chi connectivity index (χ4v) is 1.93. The summed E-state index contributed by atoms with van der Waals surface area (Å²) in [5.74, 6) is -0.0968. The molecule has 1 N–H and O–H groups in total. The number of aromatic nitrogens is 1. The van der Waals surface area contributed by atoms with E-state index in [1.165, 1.54) is 12.0 Å². The molecule has 0 aliphatic carbocycles. The Kier molecular flexibility index (Phi) is 3.45. The quantitative estimate of drug-likeness (QED) is 0.804. The van der Waals surface area contributed by atoms with Crippen molar-refractivity contribution in [2.45, 2.75) is 13.0 Å². The van der Waals surface area contributed by atoms with Crippen molar-refractivity contribution in [2.75, 3.05) is 20.2 Å². The molecule has 6 nitrogen and oxygen atoms in total. The predicted molar refractivity (Wildman–Crippen MR) is 64.3 cm³/mol. The highest BCUT2D eigenvalue weighted by molar-refractivity contribution is 5.99. The number of hydrogen-bond acceptors (Lipinski definition) is 4. The highest BCUT2D eigenvalue weighted by atomic mass is 16.5. The van der Waals surface area contributed by atoms with E-state index in [-0.39, 0.29) is 17.7 Å². The lowest BCUT2D eigenvalue weighted by Crippen LogP contribution is -2.55. The maximum Gasteiger partial charge on any atom is 0.260 e. The number of carbonyl (C=O) groups is 2. The van der Waals surface area contributed by atoms with Gasteiger partial charge in [0.15, 0.2) is 0 Å². The molecule has 2 amide bonds. The van der Waals surface area contributed by atoms with Crippen molar-refractivity contribution in [1.29, 1.82) is 0 Å². The number of piperazine rings is 1. The third-order valence-electron chi connectivity index (χ3n) is 2.95. The zero-order valence-electron chi connectivity index (χ0n) is 10.3. The first-order valence-electron chi connectivity index (χ1n) is 5.73. The topological polar surface area (TPSA) is 71.5 Å². The van der Waals surface area contributed by atoms with Gasteiger partial charge in [0.2, 0.25) is 11.8 Å². The molecular weight excluding hydrogens is 234 g/mol. The van der Waals surface area contributed by atoms with Gasteiger partial charge in [-0.1, -0.05) is 0 Å². The first-order chi connectivity index (χ1) is 8.65. The Bertz CT molecular complexity index is 475. The Morgan fingerprint density at radius 1 is 1.61 bits per heavy atom. The van der Waals surface area contributed by atoms with Crippen LogP contribution < -0.4 is 10.1 Å². The summed E-state index contributed by atoms with van der Waals surface area (Å²) < 4.78 is 5.06. The van der Waals surface area contributed by atoms with Gasteiger partial charge in [-0.15, -0.1) is 0 Å². The lowest BCUT2D eigenvalue weighted by molar-refractivity contribution is -0.127. The number of amides is 2. The molecule has 0 radical (unpaired) electrons. The number of ether oxygens (including phenoxy) is 1. The van der Waals surface area contributed by atoms with Gasteiger partial charge < -0.3 is 15.0 Å². The largest absolute Gasteiger partial charge is 0.480 e. The van der Waals surface area contributed by atoms with E-state index in [1.807, 2.05) is 0 Å². The third-order valence-corrected chi connectivity index (χ3v) is 2.95. The zero-order chi connectivity index (χ0) is 13.1. The number of nitrogens with zero attached hydrogens (tertiary/aromatic N) is 2. The molecule has 2 rings (SSSR count). The fraction of sp³-hybridized carbons (Fsp3) is 0.417. The van der Waals surface area contributed by atoms with Crippen LogP contribution in [-0.2, 0) is 4.79 Å². The fourth-order valence-electron chi connectivity index (χ4n) is 1.93. The molecule has 1 saturated heterocycles.